The Labute approximate surface area is 166 Å². The third-order valence-corrected chi connectivity index (χ3v) is 6.73. The van der Waals surface area contributed by atoms with E-state index < -0.39 is 28.5 Å². The molecule has 156 valence electrons. The van der Waals surface area contributed by atoms with E-state index in [0.29, 0.717) is 13.1 Å². The van der Waals surface area contributed by atoms with Gasteiger partial charge in [-0.25, -0.2) is 13.2 Å². The molecule has 8 nitrogen and oxygen atoms in total. The van der Waals surface area contributed by atoms with Crippen molar-refractivity contribution in [2.24, 2.45) is 5.92 Å². The predicted octanol–water partition coefficient (Wildman–Crippen LogP) is 1.80. The summed E-state index contributed by atoms with van der Waals surface area (Å²) >= 11 is 0. The molecule has 1 aromatic rings. The molecule has 0 unspecified atom stereocenters. The number of amides is 1. The molecule has 0 bridgehead atoms. The largest absolute Gasteiger partial charge is 0.495 e. The van der Waals surface area contributed by atoms with Crippen molar-refractivity contribution in [1.82, 2.24) is 9.62 Å². The van der Waals surface area contributed by atoms with E-state index >= 15 is 0 Å². The number of sulfonamides is 1. The molecule has 1 heterocycles. The summed E-state index contributed by atoms with van der Waals surface area (Å²) in [5.74, 6) is -0.771. The molecular formula is C19H28N2O6S. The molecule has 0 radical (unpaired) electrons. The SMILES string of the molecule is COc1ccc(C(=O)OCC(=O)N[C@@H](C)C(C)C)cc1S(=O)(=O)N1CCCC1. The van der Waals surface area contributed by atoms with Crippen molar-refractivity contribution in [2.45, 2.75) is 44.6 Å². The number of carbonyl (C=O) groups excluding carboxylic acids is 2. The molecule has 0 spiro atoms. The van der Waals surface area contributed by atoms with Crippen LogP contribution in [0.3, 0.4) is 0 Å². The highest BCUT2D eigenvalue weighted by atomic mass is 32.2. The highest BCUT2D eigenvalue weighted by molar-refractivity contribution is 7.89. The minimum Gasteiger partial charge on any atom is -0.495 e. The molecule has 1 amide bonds. The van der Waals surface area contributed by atoms with Crippen LogP contribution in [0.1, 0.15) is 44.0 Å². The van der Waals surface area contributed by atoms with Crippen LogP contribution in [0.25, 0.3) is 0 Å². The number of rotatable bonds is 8. The van der Waals surface area contributed by atoms with Crippen molar-refractivity contribution in [3.05, 3.63) is 23.8 Å². The van der Waals surface area contributed by atoms with E-state index in [0.717, 1.165) is 12.8 Å². The quantitative estimate of drug-likeness (QED) is 0.653. The summed E-state index contributed by atoms with van der Waals surface area (Å²) in [6.07, 6.45) is 1.60. The molecule has 1 N–H and O–H groups in total. The van der Waals surface area contributed by atoms with Gasteiger partial charge in [0.15, 0.2) is 6.61 Å². The van der Waals surface area contributed by atoms with Crippen LogP contribution in [-0.4, -0.2) is 57.4 Å². The van der Waals surface area contributed by atoms with Gasteiger partial charge in [-0.15, -0.1) is 0 Å². The second-order valence-corrected chi connectivity index (χ2v) is 9.06. The lowest BCUT2D eigenvalue weighted by atomic mass is 10.1. The number of carbonyl (C=O) groups is 2. The Morgan fingerprint density at radius 3 is 2.39 bits per heavy atom. The van der Waals surface area contributed by atoms with Gasteiger partial charge in [-0.05, 0) is 43.9 Å². The Balaban J connectivity index is 2.13. The number of hydrogen-bond acceptors (Lipinski definition) is 6. The van der Waals surface area contributed by atoms with Crippen molar-refractivity contribution in [1.29, 1.82) is 0 Å². The summed E-state index contributed by atoms with van der Waals surface area (Å²) in [6, 6.07) is 4.02. The Kier molecular flexibility index (Phi) is 7.42. The molecule has 1 atom stereocenters. The molecule has 0 aromatic heterocycles. The zero-order chi connectivity index (χ0) is 20.9. The number of nitrogens with zero attached hydrogens (tertiary/aromatic N) is 1. The van der Waals surface area contributed by atoms with Crippen LogP contribution in [0, 0.1) is 5.92 Å². The lowest BCUT2D eigenvalue weighted by molar-refractivity contribution is -0.125. The third-order valence-electron chi connectivity index (χ3n) is 4.81. The summed E-state index contributed by atoms with van der Waals surface area (Å²) < 4.78 is 37.3. The Morgan fingerprint density at radius 1 is 1.18 bits per heavy atom. The predicted molar refractivity (Wildman–Crippen MR) is 104 cm³/mol. The molecular weight excluding hydrogens is 384 g/mol. The molecule has 1 saturated heterocycles. The summed E-state index contributed by atoms with van der Waals surface area (Å²) in [5.41, 5.74) is 0.0447. The van der Waals surface area contributed by atoms with Gasteiger partial charge in [0.1, 0.15) is 10.6 Å². The van der Waals surface area contributed by atoms with E-state index in [4.69, 9.17) is 9.47 Å². The molecule has 0 aliphatic carbocycles. The first kappa shape index (κ1) is 22.2. The van der Waals surface area contributed by atoms with Gasteiger partial charge in [0, 0.05) is 19.1 Å². The molecule has 0 saturated carbocycles. The standard InChI is InChI=1S/C19H28N2O6S/c1-13(2)14(3)20-18(22)12-27-19(23)15-7-8-16(26-4)17(11-15)28(24,25)21-9-5-6-10-21/h7-8,11,13-14H,5-6,9-10,12H2,1-4H3,(H,20,22)/t14-/m0/s1. The first-order chi connectivity index (χ1) is 13.2. The monoisotopic (exact) mass is 412 g/mol. The summed E-state index contributed by atoms with van der Waals surface area (Å²) in [6.45, 7) is 6.25. The van der Waals surface area contributed by atoms with Gasteiger partial charge in [-0.2, -0.15) is 4.31 Å². The average molecular weight is 413 g/mol. The fourth-order valence-corrected chi connectivity index (χ4v) is 4.45. The number of methoxy groups -OCH3 is 1. The van der Waals surface area contributed by atoms with Gasteiger partial charge in [0.05, 0.1) is 12.7 Å². The molecule has 28 heavy (non-hydrogen) atoms. The normalized spacial score (nSPS) is 16.0. The summed E-state index contributed by atoms with van der Waals surface area (Å²) in [7, 11) is -2.40. The topological polar surface area (TPSA) is 102 Å². The molecule has 1 fully saturated rings. The van der Waals surface area contributed by atoms with Crippen molar-refractivity contribution < 1.29 is 27.5 Å². The van der Waals surface area contributed by atoms with Crippen molar-refractivity contribution in [3.8, 4) is 5.75 Å². The van der Waals surface area contributed by atoms with Crippen molar-refractivity contribution in [2.75, 3.05) is 26.8 Å². The lowest BCUT2D eigenvalue weighted by Gasteiger charge is -2.18. The maximum Gasteiger partial charge on any atom is 0.338 e. The van der Waals surface area contributed by atoms with Crippen LogP contribution in [-0.2, 0) is 19.6 Å². The Hall–Kier alpha value is -2.13. The molecule has 9 heteroatoms. The smallest absolute Gasteiger partial charge is 0.338 e. The number of ether oxygens (including phenoxy) is 2. The highest BCUT2D eigenvalue weighted by Gasteiger charge is 2.31. The highest BCUT2D eigenvalue weighted by Crippen LogP contribution is 2.30. The second-order valence-electron chi connectivity index (χ2n) is 7.15. The van der Waals surface area contributed by atoms with E-state index in [2.05, 4.69) is 5.32 Å². The number of hydrogen-bond donors (Lipinski definition) is 1. The zero-order valence-electron chi connectivity index (χ0n) is 16.7. The molecule has 1 aromatic carbocycles. The van der Waals surface area contributed by atoms with Gasteiger partial charge in [0.2, 0.25) is 10.0 Å². The van der Waals surface area contributed by atoms with Gasteiger partial charge in [-0.3, -0.25) is 4.79 Å². The van der Waals surface area contributed by atoms with Gasteiger partial charge in [-0.1, -0.05) is 13.8 Å². The minimum atomic E-state index is -3.77. The van der Waals surface area contributed by atoms with Crippen LogP contribution in [0.4, 0.5) is 0 Å². The zero-order valence-corrected chi connectivity index (χ0v) is 17.5. The fraction of sp³-hybridized carbons (Fsp3) is 0.579. The van der Waals surface area contributed by atoms with E-state index in [1.165, 1.54) is 29.6 Å². The van der Waals surface area contributed by atoms with Crippen molar-refractivity contribution in [3.63, 3.8) is 0 Å². The number of benzene rings is 1. The molecule has 1 aliphatic rings. The first-order valence-electron chi connectivity index (χ1n) is 9.31. The average Bonchev–Trinajstić information content (AvgIpc) is 3.21. The van der Waals surface area contributed by atoms with Crippen LogP contribution in [0.15, 0.2) is 23.1 Å². The summed E-state index contributed by atoms with van der Waals surface area (Å²) in [5, 5.41) is 2.74. The van der Waals surface area contributed by atoms with Gasteiger partial charge < -0.3 is 14.8 Å². The fourth-order valence-electron chi connectivity index (χ4n) is 2.75. The Bertz CT molecular complexity index is 816. The van der Waals surface area contributed by atoms with Crippen LogP contribution in [0.5, 0.6) is 5.75 Å². The third kappa shape index (κ3) is 5.23. The van der Waals surface area contributed by atoms with E-state index in [-0.39, 0.29) is 28.2 Å². The lowest BCUT2D eigenvalue weighted by Crippen LogP contribution is -2.38. The molecule has 2 rings (SSSR count). The van der Waals surface area contributed by atoms with E-state index in [1.54, 1.807) is 0 Å². The maximum absolute atomic E-state index is 12.9. The van der Waals surface area contributed by atoms with Gasteiger partial charge in [0.25, 0.3) is 5.91 Å². The minimum absolute atomic E-state index is 0.0447. The first-order valence-corrected chi connectivity index (χ1v) is 10.8. The second kappa shape index (κ2) is 9.38. The number of nitrogens with one attached hydrogen (secondary N) is 1. The van der Waals surface area contributed by atoms with E-state index in [1.807, 2.05) is 20.8 Å². The van der Waals surface area contributed by atoms with Gasteiger partial charge >= 0.3 is 5.97 Å². The van der Waals surface area contributed by atoms with Crippen LogP contribution < -0.4 is 10.1 Å². The number of esters is 1. The van der Waals surface area contributed by atoms with Crippen LogP contribution in [0.2, 0.25) is 0 Å². The van der Waals surface area contributed by atoms with Crippen molar-refractivity contribution >= 4 is 21.9 Å². The van der Waals surface area contributed by atoms with Crippen LogP contribution >= 0.6 is 0 Å². The Morgan fingerprint density at radius 2 is 1.82 bits per heavy atom. The summed E-state index contributed by atoms with van der Waals surface area (Å²) in [4.78, 5) is 24.1. The maximum atomic E-state index is 12.9. The van der Waals surface area contributed by atoms with E-state index in [9.17, 15) is 18.0 Å². The molecule has 1 aliphatic heterocycles.